The zero-order valence-corrected chi connectivity index (χ0v) is 12.8. The average molecular weight is 265 g/mol. The number of rotatable bonds is 7. The molecule has 0 bridgehead atoms. The number of nitrogens with zero attached hydrogens (tertiary/aromatic N) is 3. The summed E-state index contributed by atoms with van der Waals surface area (Å²) in [5, 5.41) is 3.31. The first-order chi connectivity index (χ1) is 8.84. The van der Waals surface area contributed by atoms with Crippen LogP contribution in [0.2, 0.25) is 0 Å². The van der Waals surface area contributed by atoms with E-state index in [4.69, 9.17) is 5.73 Å². The standard InChI is InChI=1S/C14H27N5/c1-11(2)7-16-12-6-13(18-10-17-12)19(5)9-14(3,4)8-15/h6,10-11H,7-9,15H2,1-5H3,(H,16,17,18). The molecule has 0 aliphatic heterocycles. The molecule has 1 aromatic heterocycles. The summed E-state index contributed by atoms with van der Waals surface area (Å²) < 4.78 is 0. The summed E-state index contributed by atoms with van der Waals surface area (Å²) in [5.74, 6) is 2.38. The van der Waals surface area contributed by atoms with Gasteiger partial charge in [-0.2, -0.15) is 0 Å². The Morgan fingerprint density at radius 3 is 2.63 bits per heavy atom. The first-order valence-corrected chi connectivity index (χ1v) is 6.81. The molecule has 1 heterocycles. The molecule has 0 saturated carbocycles. The molecule has 1 rings (SSSR count). The molecule has 0 aromatic carbocycles. The van der Waals surface area contributed by atoms with Crippen molar-refractivity contribution in [3.05, 3.63) is 12.4 Å². The van der Waals surface area contributed by atoms with Gasteiger partial charge in [0.1, 0.15) is 18.0 Å². The minimum absolute atomic E-state index is 0.0746. The number of nitrogens with one attached hydrogen (secondary N) is 1. The van der Waals surface area contributed by atoms with Crippen molar-refractivity contribution in [1.82, 2.24) is 9.97 Å². The largest absolute Gasteiger partial charge is 0.370 e. The lowest BCUT2D eigenvalue weighted by molar-refractivity contribution is 0.384. The summed E-state index contributed by atoms with van der Waals surface area (Å²) in [6, 6.07) is 1.98. The molecule has 0 saturated heterocycles. The molecule has 0 atom stereocenters. The first kappa shape index (κ1) is 15.7. The van der Waals surface area contributed by atoms with Gasteiger partial charge in [0.15, 0.2) is 0 Å². The van der Waals surface area contributed by atoms with Gasteiger partial charge in [0.2, 0.25) is 0 Å². The number of anilines is 2. The van der Waals surface area contributed by atoms with Crippen LogP contribution in [0.5, 0.6) is 0 Å². The van der Waals surface area contributed by atoms with Crippen molar-refractivity contribution in [3.8, 4) is 0 Å². The molecular formula is C14H27N5. The second kappa shape index (κ2) is 6.70. The summed E-state index contributed by atoms with van der Waals surface area (Å²) in [4.78, 5) is 10.7. The molecule has 0 aliphatic rings. The van der Waals surface area contributed by atoms with Gasteiger partial charge in [-0.1, -0.05) is 27.7 Å². The molecule has 3 N–H and O–H groups in total. The van der Waals surface area contributed by atoms with Gasteiger partial charge in [-0.05, 0) is 17.9 Å². The van der Waals surface area contributed by atoms with E-state index in [2.05, 4.69) is 47.9 Å². The van der Waals surface area contributed by atoms with E-state index in [0.717, 1.165) is 24.7 Å². The molecule has 0 unspecified atom stereocenters. The minimum Gasteiger partial charge on any atom is -0.370 e. The molecule has 0 amide bonds. The van der Waals surface area contributed by atoms with Gasteiger partial charge < -0.3 is 16.0 Å². The van der Waals surface area contributed by atoms with Gasteiger partial charge in [-0.15, -0.1) is 0 Å². The molecule has 0 spiro atoms. The van der Waals surface area contributed by atoms with Gasteiger partial charge >= 0.3 is 0 Å². The van der Waals surface area contributed by atoms with Gasteiger partial charge in [0, 0.05) is 26.2 Å². The highest BCUT2D eigenvalue weighted by molar-refractivity contribution is 5.48. The van der Waals surface area contributed by atoms with E-state index in [1.54, 1.807) is 6.33 Å². The quantitative estimate of drug-likeness (QED) is 0.789. The van der Waals surface area contributed by atoms with Gasteiger partial charge in [0.05, 0.1) is 0 Å². The highest BCUT2D eigenvalue weighted by Gasteiger charge is 2.19. The van der Waals surface area contributed by atoms with Crippen molar-refractivity contribution in [2.24, 2.45) is 17.1 Å². The predicted octanol–water partition coefficient (Wildman–Crippen LogP) is 1.97. The summed E-state index contributed by atoms with van der Waals surface area (Å²) >= 11 is 0. The molecule has 0 fully saturated rings. The zero-order valence-electron chi connectivity index (χ0n) is 12.8. The molecule has 19 heavy (non-hydrogen) atoms. The minimum atomic E-state index is 0.0746. The molecule has 1 aromatic rings. The van der Waals surface area contributed by atoms with Gasteiger partial charge in [0.25, 0.3) is 0 Å². The highest BCUT2D eigenvalue weighted by atomic mass is 15.2. The van der Waals surface area contributed by atoms with Crippen molar-refractivity contribution in [2.75, 3.05) is 36.9 Å². The lowest BCUT2D eigenvalue weighted by atomic mass is 9.93. The molecule has 5 heteroatoms. The summed E-state index contributed by atoms with van der Waals surface area (Å²) in [7, 11) is 2.03. The first-order valence-electron chi connectivity index (χ1n) is 6.81. The maximum absolute atomic E-state index is 5.77. The summed E-state index contributed by atoms with van der Waals surface area (Å²) in [6.07, 6.45) is 1.60. The van der Waals surface area contributed by atoms with E-state index in [0.29, 0.717) is 12.5 Å². The Morgan fingerprint density at radius 1 is 1.37 bits per heavy atom. The Kier molecular flexibility index (Phi) is 5.54. The maximum Gasteiger partial charge on any atom is 0.133 e. The Labute approximate surface area is 116 Å². The number of aromatic nitrogens is 2. The van der Waals surface area contributed by atoms with Crippen LogP contribution >= 0.6 is 0 Å². The van der Waals surface area contributed by atoms with Crippen LogP contribution in [0.3, 0.4) is 0 Å². The smallest absolute Gasteiger partial charge is 0.133 e. The molecule has 5 nitrogen and oxygen atoms in total. The zero-order chi connectivity index (χ0) is 14.5. The van der Waals surface area contributed by atoms with Crippen LogP contribution in [0.15, 0.2) is 12.4 Å². The lowest BCUT2D eigenvalue weighted by Crippen LogP contribution is -2.37. The van der Waals surface area contributed by atoms with Crippen molar-refractivity contribution in [1.29, 1.82) is 0 Å². The van der Waals surface area contributed by atoms with Crippen molar-refractivity contribution < 1.29 is 0 Å². The third-order valence-corrected chi connectivity index (χ3v) is 2.95. The SMILES string of the molecule is CC(C)CNc1cc(N(C)CC(C)(C)CN)ncn1. The fourth-order valence-electron chi connectivity index (χ4n) is 1.75. The Bertz CT molecular complexity index is 389. The van der Waals surface area contributed by atoms with Crippen LogP contribution in [-0.4, -0.2) is 36.6 Å². The van der Waals surface area contributed by atoms with Crippen LogP contribution in [0.1, 0.15) is 27.7 Å². The van der Waals surface area contributed by atoms with Crippen LogP contribution in [0.4, 0.5) is 11.6 Å². The van der Waals surface area contributed by atoms with E-state index in [1.807, 2.05) is 13.1 Å². The summed E-state index contributed by atoms with van der Waals surface area (Å²) in [6.45, 7) is 11.1. The average Bonchev–Trinajstić information content (AvgIpc) is 2.36. The van der Waals surface area contributed by atoms with Crippen molar-refractivity contribution in [2.45, 2.75) is 27.7 Å². The molecular weight excluding hydrogens is 238 g/mol. The predicted molar refractivity (Wildman–Crippen MR) is 81.5 cm³/mol. The third kappa shape index (κ3) is 5.42. The molecule has 0 aliphatic carbocycles. The highest BCUT2D eigenvalue weighted by Crippen LogP contribution is 2.19. The van der Waals surface area contributed by atoms with E-state index in [1.165, 1.54) is 0 Å². The van der Waals surface area contributed by atoms with E-state index in [9.17, 15) is 0 Å². The van der Waals surface area contributed by atoms with Crippen LogP contribution in [-0.2, 0) is 0 Å². The normalized spacial score (nSPS) is 11.7. The summed E-state index contributed by atoms with van der Waals surface area (Å²) in [5.41, 5.74) is 5.85. The lowest BCUT2D eigenvalue weighted by Gasteiger charge is -2.29. The second-order valence-corrected chi connectivity index (χ2v) is 6.26. The third-order valence-electron chi connectivity index (χ3n) is 2.95. The van der Waals surface area contributed by atoms with Crippen LogP contribution in [0.25, 0.3) is 0 Å². The molecule has 0 radical (unpaired) electrons. The fourth-order valence-corrected chi connectivity index (χ4v) is 1.75. The van der Waals surface area contributed by atoms with E-state index < -0.39 is 0 Å². The Balaban J connectivity index is 2.70. The van der Waals surface area contributed by atoms with E-state index in [-0.39, 0.29) is 5.41 Å². The van der Waals surface area contributed by atoms with Crippen molar-refractivity contribution in [3.63, 3.8) is 0 Å². The Hall–Kier alpha value is -1.36. The fraction of sp³-hybridized carbons (Fsp3) is 0.714. The van der Waals surface area contributed by atoms with Crippen LogP contribution < -0.4 is 16.0 Å². The van der Waals surface area contributed by atoms with Gasteiger partial charge in [-0.3, -0.25) is 0 Å². The van der Waals surface area contributed by atoms with E-state index >= 15 is 0 Å². The number of hydrogen-bond donors (Lipinski definition) is 2. The Morgan fingerprint density at radius 2 is 2.05 bits per heavy atom. The van der Waals surface area contributed by atoms with Gasteiger partial charge in [-0.25, -0.2) is 9.97 Å². The maximum atomic E-state index is 5.77. The van der Waals surface area contributed by atoms with Crippen LogP contribution in [0, 0.1) is 11.3 Å². The second-order valence-electron chi connectivity index (χ2n) is 6.26. The van der Waals surface area contributed by atoms with Crippen molar-refractivity contribution >= 4 is 11.6 Å². The number of hydrogen-bond acceptors (Lipinski definition) is 5. The monoisotopic (exact) mass is 265 g/mol. The molecule has 108 valence electrons. The number of nitrogens with two attached hydrogens (primary N) is 1. The topological polar surface area (TPSA) is 67.1 Å².